The van der Waals surface area contributed by atoms with Crippen LogP contribution in [0.2, 0.25) is 5.02 Å². The van der Waals surface area contributed by atoms with Crippen LogP contribution < -0.4 is 5.32 Å². The van der Waals surface area contributed by atoms with Crippen LogP contribution in [0.15, 0.2) is 23.1 Å². The first kappa shape index (κ1) is 20.4. The molecule has 1 aromatic carbocycles. The van der Waals surface area contributed by atoms with Crippen LogP contribution in [0, 0.1) is 0 Å². The average molecular weight is 426 g/mol. The van der Waals surface area contributed by atoms with Gasteiger partial charge in [-0.15, -0.1) is 0 Å². The quantitative estimate of drug-likeness (QED) is 0.782. The number of nitrogens with one attached hydrogen (secondary N) is 1. The van der Waals surface area contributed by atoms with Gasteiger partial charge in [0.2, 0.25) is 15.9 Å². The van der Waals surface area contributed by atoms with Gasteiger partial charge in [0.05, 0.1) is 17.0 Å². The van der Waals surface area contributed by atoms with Crippen molar-refractivity contribution in [3.63, 3.8) is 0 Å². The van der Waals surface area contributed by atoms with E-state index in [1.54, 1.807) is 4.90 Å². The molecule has 1 aromatic rings. The van der Waals surface area contributed by atoms with Crippen molar-refractivity contribution in [2.45, 2.75) is 30.0 Å². The summed E-state index contributed by atoms with van der Waals surface area (Å²) in [6.45, 7) is 0.718. The van der Waals surface area contributed by atoms with Crippen LogP contribution in [0.4, 0.5) is 13.2 Å². The maximum Gasteiger partial charge on any atom is 0.417 e. The molecule has 150 valence electrons. The van der Waals surface area contributed by atoms with E-state index in [-0.39, 0.29) is 49.7 Å². The molecule has 6 nitrogen and oxygen atoms in total. The molecule has 0 atom stereocenters. The third-order valence-electron chi connectivity index (χ3n) is 4.51. The summed E-state index contributed by atoms with van der Waals surface area (Å²) in [7, 11) is -4.33. The number of rotatable bonds is 5. The molecule has 1 N–H and O–H groups in total. The van der Waals surface area contributed by atoms with E-state index in [4.69, 9.17) is 11.6 Å². The lowest BCUT2D eigenvalue weighted by atomic mass is 10.2. The third-order valence-corrected chi connectivity index (χ3v) is 6.70. The van der Waals surface area contributed by atoms with Gasteiger partial charge in [-0.1, -0.05) is 11.6 Å². The van der Waals surface area contributed by atoms with Crippen LogP contribution in [0.25, 0.3) is 0 Å². The van der Waals surface area contributed by atoms with Crippen molar-refractivity contribution in [1.29, 1.82) is 0 Å². The third kappa shape index (κ3) is 4.92. The minimum Gasteiger partial charge on any atom is -0.352 e. The molecule has 0 unspecified atom stereocenters. The Bertz CT molecular complexity index is 820. The topological polar surface area (TPSA) is 69.7 Å². The van der Waals surface area contributed by atoms with Crippen molar-refractivity contribution in [3.8, 4) is 0 Å². The number of halogens is 4. The lowest BCUT2D eigenvalue weighted by Gasteiger charge is -2.34. The van der Waals surface area contributed by atoms with Crippen LogP contribution in [-0.2, 0) is 21.0 Å². The Hall–Kier alpha value is -1.36. The van der Waals surface area contributed by atoms with Gasteiger partial charge >= 0.3 is 6.18 Å². The number of hydrogen-bond acceptors (Lipinski definition) is 4. The first-order valence-electron chi connectivity index (χ1n) is 8.46. The van der Waals surface area contributed by atoms with Gasteiger partial charge in [0.15, 0.2) is 0 Å². The molecule has 0 radical (unpaired) electrons. The monoisotopic (exact) mass is 425 g/mol. The Labute approximate surface area is 160 Å². The average Bonchev–Trinajstić information content (AvgIpc) is 3.38. The first-order valence-corrected chi connectivity index (χ1v) is 10.3. The van der Waals surface area contributed by atoms with Crippen molar-refractivity contribution in [1.82, 2.24) is 14.5 Å². The molecule has 11 heteroatoms. The van der Waals surface area contributed by atoms with E-state index in [2.05, 4.69) is 5.32 Å². The fourth-order valence-electron chi connectivity index (χ4n) is 2.92. The van der Waals surface area contributed by atoms with Crippen molar-refractivity contribution < 1.29 is 26.4 Å². The highest BCUT2D eigenvalue weighted by Crippen LogP contribution is 2.37. The van der Waals surface area contributed by atoms with Crippen LogP contribution in [-0.4, -0.2) is 62.3 Å². The highest BCUT2D eigenvalue weighted by Gasteiger charge is 2.40. The molecule has 3 rings (SSSR count). The predicted octanol–water partition coefficient (Wildman–Crippen LogP) is 1.94. The van der Waals surface area contributed by atoms with Gasteiger partial charge in [0.25, 0.3) is 0 Å². The Kier molecular flexibility index (Phi) is 5.72. The fourth-order valence-corrected chi connectivity index (χ4v) is 4.71. The van der Waals surface area contributed by atoms with Gasteiger partial charge in [-0.3, -0.25) is 9.69 Å². The lowest BCUT2D eigenvalue weighted by molar-refractivity contribution is -0.140. The maximum atomic E-state index is 13.2. The number of hydrogen-bond donors (Lipinski definition) is 1. The molecule has 0 aromatic heterocycles. The normalized spacial score (nSPS) is 19.9. The van der Waals surface area contributed by atoms with Crippen LogP contribution >= 0.6 is 11.6 Å². The molecule has 0 spiro atoms. The van der Waals surface area contributed by atoms with Gasteiger partial charge in [0.1, 0.15) is 0 Å². The SMILES string of the molecule is O=C(CN1CCN(S(=O)(=O)c2ccc(Cl)cc2C(F)(F)F)CC1)NC1CC1. The van der Waals surface area contributed by atoms with Gasteiger partial charge in [-0.05, 0) is 31.0 Å². The van der Waals surface area contributed by atoms with Gasteiger partial charge in [-0.2, -0.15) is 17.5 Å². The van der Waals surface area contributed by atoms with Crippen molar-refractivity contribution in [2.24, 2.45) is 0 Å². The lowest BCUT2D eigenvalue weighted by Crippen LogP contribution is -2.51. The molecule has 1 saturated carbocycles. The Morgan fingerprint density at radius 1 is 1.19 bits per heavy atom. The molecule has 1 heterocycles. The predicted molar refractivity (Wildman–Crippen MR) is 92.8 cm³/mol. The number of carbonyl (C=O) groups is 1. The molecular formula is C16H19ClF3N3O3S. The van der Waals surface area contributed by atoms with Crippen molar-refractivity contribution in [2.75, 3.05) is 32.7 Å². The van der Waals surface area contributed by atoms with E-state index in [1.165, 1.54) is 0 Å². The maximum absolute atomic E-state index is 13.2. The smallest absolute Gasteiger partial charge is 0.352 e. The summed E-state index contributed by atoms with van der Waals surface area (Å²) >= 11 is 5.61. The van der Waals surface area contributed by atoms with Crippen molar-refractivity contribution >= 4 is 27.5 Å². The molecule has 27 heavy (non-hydrogen) atoms. The number of alkyl halides is 3. The zero-order valence-corrected chi connectivity index (χ0v) is 15.9. The first-order chi connectivity index (χ1) is 12.6. The number of nitrogens with zero attached hydrogens (tertiary/aromatic N) is 2. The molecular weight excluding hydrogens is 407 g/mol. The summed E-state index contributed by atoms with van der Waals surface area (Å²) in [6.07, 6.45) is -2.89. The molecule has 1 amide bonds. The van der Waals surface area contributed by atoms with E-state index in [1.807, 2.05) is 0 Å². The summed E-state index contributed by atoms with van der Waals surface area (Å²) < 4.78 is 66.2. The minimum atomic E-state index is -4.84. The van der Waals surface area contributed by atoms with Crippen molar-refractivity contribution in [3.05, 3.63) is 28.8 Å². The summed E-state index contributed by atoms with van der Waals surface area (Å²) in [5.74, 6) is -0.120. The van der Waals surface area contributed by atoms with Crippen LogP contribution in [0.3, 0.4) is 0 Å². The number of carbonyl (C=O) groups excluding carboxylic acids is 1. The molecule has 0 bridgehead atoms. The zero-order valence-electron chi connectivity index (χ0n) is 14.3. The second-order valence-corrected chi connectivity index (χ2v) is 9.00. The summed E-state index contributed by atoms with van der Waals surface area (Å²) in [5, 5.41) is 2.66. The summed E-state index contributed by atoms with van der Waals surface area (Å²) in [5.41, 5.74) is -1.28. The zero-order chi connectivity index (χ0) is 19.8. The Morgan fingerprint density at radius 3 is 2.37 bits per heavy atom. The van der Waals surface area contributed by atoms with Gasteiger partial charge in [0, 0.05) is 37.2 Å². The number of piperazine rings is 1. The van der Waals surface area contributed by atoms with Crippen LogP contribution in [0.5, 0.6) is 0 Å². The Morgan fingerprint density at radius 2 is 1.81 bits per heavy atom. The standard InChI is InChI=1S/C16H19ClF3N3O3S/c17-11-1-4-14(13(9-11)16(18,19)20)27(25,26)23-7-5-22(6-8-23)10-15(24)21-12-2-3-12/h1,4,9,12H,2-3,5-8,10H2,(H,21,24). The molecule has 1 aliphatic carbocycles. The summed E-state index contributed by atoms with van der Waals surface area (Å²) in [6, 6.07) is 2.87. The molecule has 2 aliphatic rings. The van der Waals surface area contributed by atoms with Gasteiger partial charge in [-0.25, -0.2) is 8.42 Å². The highest BCUT2D eigenvalue weighted by atomic mass is 35.5. The summed E-state index contributed by atoms with van der Waals surface area (Å²) in [4.78, 5) is 12.8. The minimum absolute atomic E-state index is 0.0129. The number of sulfonamides is 1. The van der Waals surface area contributed by atoms with E-state index in [9.17, 15) is 26.4 Å². The number of benzene rings is 1. The van der Waals surface area contributed by atoms with Gasteiger partial charge < -0.3 is 5.32 Å². The highest BCUT2D eigenvalue weighted by molar-refractivity contribution is 7.89. The largest absolute Gasteiger partial charge is 0.417 e. The number of amides is 1. The van der Waals surface area contributed by atoms with E-state index in [0.717, 1.165) is 29.3 Å². The molecule has 1 aliphatic heterocycles. The molecule has 1 saturated heterocycles. The fraction of sp³-hybridized carbons (Fsp3) is 0.562. The van der Waals surface area contributed by atoms with Crippen LogP contribution in [0.1, 0.15) is 18.4 Å². The Balaban J connectivity index is 1.69. The van der Waals surface area contributed by atoms with E-state index < -0.39 is 26.7 Å². The second-order valence-electron chi connectivity index (χ2n) is 6.66. The second kappa shape index (κ2) is 7.57. The van der Waals surface area contributed by atoms with E-state index >= 15 is 0 Å². The van der Waals surface area contributed by atoms with E-state index in [0.29, 0.717) is 6.07 Å². The molecule has 2 fully saturated rings.